The number of rotatable bonds is 4. The quantitative estimate of drug-likeness (QED) is 0.465. The zero-order valence-electron chi connectivity index (χ0n) is 19.4. The predicted molar refractivity (Wildman–Crippen MR) is 133 cm³/mol. The molecule has 0 unspecified atom stereocenters. The van der Waals surface area contributed by atoms with Crippen LogP contribution in [0.25, 0.3) is 22.0 Å². The van der Waals surface area contributed by atoms with Crippen molar-refractivity contribution in [3.05, 3.63) is 76.3 Å². The summed E-state index contributed by atoms with van der Waals surface area (Å²) in [6, 6.07) is 11.8. The molecule has 180 valence electrons. The molecule has 4 aromatic rings. The fourth-order valence-electron chi connectivity index (χ4n) is 4.41. The smallest absolute Gasteiger partial charge is 0.420 e. The number of aryl methyl sites for hydroxylation is 1. The molecule has 1 aliphatic heterocycles. The minimum atomic E-state index is -3.28. The molecule has 1 aliphatic rings. The van der Waals surface area contributed by atoms with Crippen LogP contribution in [0, 0.1) is 0 Å². The second-order valence-corrected chi connectivity index (χ2v) is 10.7. The largest absolute Gasteiger partial charge is 0.497 e. The van der Waals surface area contributed by atoms with Crippen LogP contribution in [0.3, 0.4) is 0 Å². The number of hydrogen-bond donors (Lipinski definition) is 1. The number of hydrogen-bond acceptors (Lipinski definition) is 6. The number of amides is 1. The topological polar surface area (TPSA) is 111 Å². The molecule has 0 aliphatic carbocycles. The average molecular weight is 494 g/mol. The Labute approximate surface area is 201 Å². The van der Waals surface area contributed by atoms with Crippen molar-refractivity contribution in [2.45, 2.75) is 12.3 Å². The van der Waals surface area contributed by atoms with Gasteiger partial charge in [-0.2, -0.15) is 0 Å². The number of ether oxygens (including phenoxy) is 2. The number of methoxy groups -OCH3 is 1. The van der Waals surface area contributed by atoms with Crippen molar-refractivity contribution >= 4 is 32.5 Å². The molecular weight excluding hydrogens is 470 g/mol. The number of aromatic amines is 1. The lowest BCUT2D eigenvalue weighted by atomic mass is 9.99. The van der Waals surface area contributed by atoms with Gasteiger partial charge in [-0.1, -0.05) is 6.07 Å². The number of pyridine rings is 1. The molecule has 9 nitrogen and oxygen atoms in total. The first-order valence-electron chi connectivity index (χ1n) is 10.8. The van der Waals surface area contributed by atoms with Crippen LogP contribution >= 0.6 is 0 Å². The minimum absolute atomic E-state index is 0.147. The van der Waals surface area contributed by atoms with E-state index in [-0.39, 0.29) is 17.9 Å². The van der Waals surface area contributed by atoms with E-state index in [4.69, 9.17) is 9.47 Å². The maximum absolute atomic E-state index is 13.4. The summed E-state index contributed by atoms with van der Waals surface area (Å²) in [5, 5.41) is 0.700. The van der Waals surface area contributed by atoms with E-state index in [0.29, 0.717) is 39.2 Å². The highest BCUT2D eigenvalue weighted by Gasteiger charge is 2.29. The third kappa shape index (κ3) is 4.17. The molecule has 5 rings (SSSR count). The van der Waals surface area contributed by atoms with Gasteiger partial charge in [-0.25, -0.2) is 13.2 Å². The summed E-state index contributed by atoms with van der Waals surface area (Å²) >= 11 is 0. The van der Waals surface area contributed by atoms with Crippen molar-refractivity contribution in [2.75, 3.05) is 18.3 Å². The predicted octanol–water partition coefficient (Wildman–Crippen LogP) is 3.61. The molecule has 1 N–H and O–H groups in total. The maximum atomic E-state index is 13.4. The van der Waals surface area contributed by atoms with Crippen LogP contribution in [0.4, 0.5) is 10.5 Å². The van der Waals surface area contributed by atoms with Gasteiger partial charge in [-0.3, -0.25) is 9.69 Å². The Hall–Kier alpha value is -4.05. The lowest BCUT2D eigenvalue weighted by Crippen LogP contribution is -2.33. The van der Waals surface area contributed by atoms with Gasteiger partial charge in [0.1, 0.15) is 17.0 Å². The fourth-order valence-corrected chi connectivity index (χ4v) is 5.19. The van der Waals surface area contributed by atoms with Crippen LogP contribution in [-0.2, 0) is 29.2 Å². The highest BCUT2D eigenvalue weighted by Crippen LogP contribution is 2.41. The van der Waals surface area contributed by atoms with Crippen molar-refractivity contribution < 1.29 is 22.7 Å². The van der Waals surface area contributed by atoms with E-state index in [1.54, 1.807) is 69.0 Å². The first-order valence-corrected chi connectivity index (χ1v) is 12.8. The minimum Gasteiger partial charge on any atom is -0.497 e. The molecular formula is C25H23N3O6S. The van der Waals surface area contributed by atoms with Crippen LogP contribution in [0.2, 0.25) is 0 Å². The van der Waals surface area contributed by atoms with Gasteiger partial charge < -0.3 is 19.0 Å². The van der Waals surface area contributed by atoms with Crippen LogP contribution in [0.5, 0.6) is 11.5 Å². The van der Waals surface area contributed by atoms with Gasteiger partial charge in [0.05, 0.1) is 25.1 Å². The lowest BCUT2D eigenvalue weighted by molar-refractivity contribution is 0.207. The molecule has 2 aromatic carbocycles. The summed E-state index contributed by atoms with van der Waals surface area (Å²) in [6.45, 7) is 0.160. The lowest BCUT2D eigenvalue weighted by Gasteiger charge is -2.23. The summed E-state index contributed by atoms with van der Waals surface area (Å²) in [6.07, 6.45) is 3.99. The third-order valence-electron chi connectivity index (χ3n) is 5.97. The Bertz CT molecular complexity index is 1630. The first-order chi connectivity index (χ1) is 16.6. The van der Waals surface area contributed by atoms with E-state index in [2.05, 4.69) is 4.98 Å². The SMILES string of the molecule is COc1ccc(OC(=O)N2Cc3c[nH]c4c(=O)n(C)cc(c34)-c3cc(CS(C)(=O)=O)ccc32)cc1. The molecule has 1 amide bonds. The van der Waals surface area contributed by atoms with E-state index < -0.39 is 15.9 Å². The van der Waals surface area contributed by atoms with Crippen molar-refractivity contribution in [1.82, 2.24) is 9.55 Å². The van der Waals surface area contributed by atoms with Gasteiger partial charge in [0.2, 0.25) is 0 Å². The Kier molecular flexibility index (Phi) is 5.40. The van der Waals surface area contributed by atoms with Gasteiger partial charge in [-0.05, 0) is 47.5 Å². The zero-order chi connectivity index (χ0) is 24.9. The molecule has 0 fully saturated rings. The number of carbonyl (C=O) groups excluding carboxylic acids is 1. The van der Waals surface area contributed by atoms with Crippen molar-refractivity contribution in [2.24, 2.45) is 7.05 Å². The highest BCUT2D eigenvalue weighted by molar-refractivity contribution is 7.89. The van der Waals surface area contributed by atoms with Crippen LogP contribution in [0.15, 0.2) is 59.7 Å². The second kappa shape index (κ2) is 8.31. The molecule has 0 spiro atoms. The molecule has 0 saturated carbocycles. The van der Waals surface area contributed by atoms with Crippen molar-refractivity contribution in [1.29, 1.82) is 0 Å². The number of fused-ring (bicyclic) bond motifs is 2. The summed E-state index contributed by atoms with van der Waals surface area (Å²) < 4.78 is 36.2. The van der Waals surface area contributed by atoms with E-state index in [1.165, 1.54) is 15.7 Å². The molecule has 0 saturated heterocycles. The summed E-state index contributed by atoms with van der Waals surface area (Å²) in [5.41, 5.74) is 3.47. The fraction of sp³-hybridized carbons (Fsp3) is 0.200. The molecule has 2 aromatic heterocycles. The van der Waals surface area contributed by atoms with Gasteiger partial charge in [0, 0.05) is 42.2 Å². The average Bonchev–Trinajstić information content (AvgIpc) is 3.18. The molecule has 0 bridgehead atoms. The Morgan fingerprint density at radius 1 is 1.09 bits per heavy atom. The number of benzene rings is 2. The Balaban J connectivity index is 1.66. The van der Waals surface area contributed by atoms with Crippen molar-refractivity contribution in [3.63, 3.8) is 0 Å². The number of aromatic nitrogens is 2. The number of nitrogens with zero attached hydrogens (tertiary/aromatic N) is 2. The van der Waals surface area contributed by atoms with E-state index in [1.807, 2.05) is 0 Å². The number of nitrogens with one attached hydrogen (secondary N) is 1. The molecule has 10 heteroatoms. The summed E-state index contributed by atoms with van der Waals surface area (Å²) in [5.74, 6) is 0.834. The Morgan fingerprint density at radius 2 is 1.80 bits per heavy atom. The zero-order valence-corrected chi connectivity index (χ0v) is 20.2. The second-order valence-electron chi connectivity index (χ2n) is 8.57. The number of sulfone groups is 1. The molecule has 3 heterocycles. The number of H-pyrrole nitrogens is 1. The standard InChI is InChI=1S/C25H23N3O6S/c1-27-13-20-19-10-15(14-35(3,31)32)4-9-21(19)28(12-16-11-26-23(22(16)20)24(27)29)25(30)34-18-7-5-17(33-2)6-8-18/h4-11,13,26H,12,14H2,1-3H3. The van der Waals surface area contributed by atoms with Gasteiger partial charge in [0.15, 0.2) is 9.84 Å². The van der Waals surface area contributed by atoms with Gasteiger partial charge in [-0.15, -0.1) is 0 Å². The van der Waals surface area contributed by atoms with E-state index in [9.17, 15) is 18.0 Å². The van der Waals surface area contributed by atoms with E-state index >= 15 is 0 Å². The van der Waals surface area contributed by atoms with E-state index in [0.717, 1.165) is 11.1 Å². The van der Waals surface area contributed by atoms with Crippen LogP contribution < -0.4 is 19.9 Å². The number of carbonyl (C=O) groups is 1. The highest BCUT2D eigenvalue weighted by atomic mass is 32.2. The molecule has 35 heavy (non-hydrogen) atoms. The normalized spacial score (nSPS) is 12.8. The number of anilines is 1. The maximum Gasteiger partial charge on any atom is 0.420 e. The van der Waals surface area contributed by atoms with Crippen LogP contribution in [-0.4, -0.2) is 37.4 Å². The molecule has 0 atom stereocenters. The molecule has 0 radical (unpaired) electrons. The Morgan fingerprint density at radius 3 is 2.49 bits per heavy atom. The van der Waals surface area contributed by atoms with Crippen molar-refractivity contribution in [3.8, 4) is 22.6 Å². The summed E-state index contributed by atoms with van der Waals surface area (Å²) in [7, 11) is -0.0788. The van der Waals surface area contributed by atoms with Gasteiger partial charge >= 0.3 is 6.09 Å². The first kappa shape index (κ1) is 22.7. The summed E-state index contributed by atoms with van der Waals surface area (Å²) in [4.78, 5) is 30.7. The monoisotopic (exact) mass is 493 g/mol. The third-order valence-corrected chi connectivity index (χ3v) is 6.83. The van der Waals surface area contributed by atoms with Gasteiger partial charge in [0.25, 0.3) is 5.56 Å². The van der Waals surface area contributed by atoms with Crippen LogP contribution in [0.1, 0.15) is 11.1 Å².